The van der Waals surface area contributed by atoms with Crippen molar-refractivity contribution in [1.82, 2.24) is 4.57 Å². The van der Waals surface area contributed by atoms with E-state index in [1.807, 2.05) is 0 Å². The lowest BCUT2D eigenvalue weighted by Crippen LogP contribution is -2.32. The van der Waals surface area contributed by atoms with Gasteiger partial charge in [0.25, 0.3) is 5.56 Å². The summed E-state index contributed by atoms with van der Waals surface area (Å²) < 4.78 is 47.2. The molecular weight excluding hydrogens is 411 g/mol. The van der Waals surface area contributed by atoms with E-state index in [0.717, 1.165) is 12.1 Å². The number of benzene rings is 2. The van der Waals surface area contributed by atoms with Crippen molar-refractivity contribution in [2.24, 2.45) is 0 Å². The molecule has 1 N–H and O–H groups in total. The van der Waals surface area contributed by atoms with E-state index in [1.54, 1.807) is 12.1 Å². The zero-order chi connectivity index (χ0) is 22.2. The molecule has 2 aromatic carbocycles. The Labute approximate surface area is 175 Å². The van der Waals surface area contributed by atoms with Crippen molar-refractivity contribution in [3.05, 3.63) is 99.5 Å². The number of nitrogens with zero attached hydrogens (tertiary/aromatic N) is 1. The monoisotopic (exact) mass is 429 g/mol. The minimum atomic E-state index is -4.68. The molecule has 4 rings (SSSR count). The fourth-order valence-electron chi connectivity index (χ4n) is 3.80. The molecule has 0 saturated heterocycles. The molecule has 0 radical (unpaired) electrons. The van der Waals surface area contributed by atoms with Crippen LogP contribution in [0.25, 0.3) is 0 Å². The van der Waals surface area contributed by atoms with Crippen LogP contribution < -0.4 is 10.3 Å². The molecule has 1 aliphatic rings. The van der Waals surface area contributed by atoms with Gasteiger partial charge in [-0.05, 0) is 30.3 Å². The first kappa shape index (κ1) is 20.9. The number of alkyl halides is 3. The van der Waals surface area contributed by atoms with Gasteiger partial charge < -0.3 is 14.4 Å². The maximum absolute atomic E-state index is 13.4. The van der Waals surface area contributed by atoms with Crippen molar-refractivity contribution in [3.63, 3.8) is 0 Å². The lowest BCUT2D eigenvalue weighted by atomic mass is 9.93. The summed E-state index contributed by atoms with van der Waals surface area (Å²) in [7, 11) is 0. The number of aliphatic hydroxyl groups excluding tert-OH is 1. The van der Waals surface area contributed by atoms with Crippen molar-refractivity contribution in [3.8, 4) is 5.75 Å². The highest BCUT2D eigenvalue weighted by molar-refractivity contribution is 6.10. The Balaban J connectivity index is 1.85. The lowest BCUT2D eigenvalue weighted by Gasteiger charge is -2.24. The Kier molecular flexibility index (Phi) is 5.41. The minimum absolute atomic E-state index is 0.00197. The first-order valence-electron chi connectivity index (χ1n) is 9.60. The molecule has 160 valence electrons. The lowest BCUT2D eigenvalue weighted by molar-refractivity contribution is -0.137. The van der Waals surface area contributed by atoms with Crippen molar-refractivity contribution in [2.45, 2.75) is 24.7 Å². The van der Waals surface area contributed by atoms with Gasteiger partial charge in [-0.2, -0.15) is 13.2 Å². The summed E-state index contributed by atoms with van der Waals surface area (Å²) >= 11 is 0. The Morgan fingerprint density at radius 1 is 1.06 bits per heavy atom. The highest BCUT2D eigenvalue weighted by Gasteiger charge is 2.36. The van der Waals surface area contributed by atoms with Gasteiger partial charge in [0.2, 0.25) is 0 Å². The first-order valence-corrected chi connectivity index (χ1v) is 9.60. The van der Waals surface area contributed by atoms with Crippen molar-refractivity contribution in [1.29, 1.82) is 0 Å². The normalized spacial score (nSPS) is 18.6. The molecule has 31 heavy (non-hydrogen) atoms. The maximum Gasteiger partial charge on any atom is 0.417 e. The summed E-state index contributed by atoms with van der Waals surface area (Å²) in [5.74, 6) is -0.452. The second-order valence-corrected chi connectivity index (χ2v) is 7.22. The molecule has 0 bridgehead atoms. The number of pyridine rings is 1. The van der Waals surface area contributed by atoms with Crippen LogP contribution >= 0.6 is 0 Å². The van der Waals surface area contributed by atoms with Crippen LogP contribution in [0.4, 0.5) is 13.2 Å². The van der Waals surface area contributed by atoms with E-state index < -0.39 is 35.2 Å². The molecule has 0 amide bonds. The molecule has 0 aliphatic carbocycles. The number of aliphatic hydroxyl groups is 1. The van der Waals surface area contributed by atoms with Crippen molar-refractivity contribution in [2.75, 3.05) is 6.61 Å². The van der Waals surface area contributed by atoms with Crippen LogP contribution in [0.15, 0.2) is 71.7 Å². The van der Waals surface area contributed by atoms with Crippen molar-refractivity contribution >= 4 is 5.78 Å². The fraction of sp³-hybridized carbons (Fsp3) is 0.217. The number of ketones is 1. The van der Waals surface area contributed by atoms with Crippen LogP contribution in [0.1, 0.15) is 39.5 Å². The highest BCUT2D eigenvalue weighted by Crippen LogP contribution is 2.37. The van der Waals surface area contributed by atoms with Gasteiger partial charge in [0, 0.05) is 35.4 Å². The molecule has 2 atom stereocenters. The predicted octanol–water partition coefficient (Wildman–Crippen LogP) is 3.83. The average Bonchev–Trinajstić information content (AvgIpc) is 2.90. The van der Waals surface area contributed by atoms with Gasteiger partial charge in [0.1, 0.15) is 5.75 Å². The van der Waals surface area contributed by atoms with Crippen LogP contribution in [0.5, 0.6) is 5.75 Å². The number of halogens is 3. The number of fused-ring (bicyclic) bond motifs is 1. The molecule has 0 saturated carbocycles. The number of rotatable bonds is 3. The summed E-state index contributed by atoms with van der Waals surface area (Å²) in [5, 5.41) is 10.7. The van der Waals surface area contributed by atoms with E-state index in [4.69, 9.17) is 4.74 Å². The maximum atomic E-state index is 13.4. The van der Waals surface area contributed by atoms with E-state index in [9.17, 15) is 27.9 Å². The number of carbonyl (C=O) groups excluding carboxylic acids is 1. The van der Waals surface area contributed by atoms with Crippen LogP contribution in [0.3, 0.4) is 0 Å². The molecule has 5 nitrogen and oxygen atoms in total. The summed E-state index contributed by atoms with van der Waals surface area (Å²) in [5.41, 5.74) is -1.50. The Bertz CT molecular complexity index is 1190. The van der Waals surface area contributed by atoms with Crippen LogP contribution in [0, 0.1) is 0 Å². The zero-order valence-electron chi connectivity index (χ0n) is 16.2. The topological polar surface area (TPSA) is 68.5 Å². The third kappa shape index (κ3) is 3.98. The molecule has 2 heterocycles. The van der Waals surface area contributed by atoms with Gasteiger partial charge in [0.15, 0.2) is 5.78 Å². The molecule has 1 aromatic heterocycles. The third-order valence-corrected chi connectivity index (χ3v) is 5.25. The minimum Gasteiger partial charge on any atom is -0.493 e. The number of carbonyl (C=O) groups is 1. The number of aromatic nitrogens is 1. The van der Waals surface area contributed by atoms with E-state index >= 15 is 0 Å². The SMILES string of the molecule is O=C(c1ccc2c(c1)[C@H](n1ccccc1=O)[C@@H](O)CCO2)c1ccccc1C(F)(F)F. The largest absolute Gasteiger partial charge is 0.493 e. The van der Waals surface area contributed by atoms with E-state index in [-0.39, 0.29) is 24.2 Å². The van der Waals surface area contributed by atoms with Crippen LogP contribution in [0.2, 0.25) is 0 Å². The summed E-state index contributed by atoms with van der Waals surface area (Å²) in [6.45, 7) is 0.191. The highest BCUT2D eigenvalue weighted by atomic mass is 19.4. The Hall–Kier alpha value is -3.39. The molecule has 8 heteroatoms. The molecule has 0 spiro atoms. The second kappa shape index (κ2) is 8.03. The molecule has 0 fully saturated rings. The zero-order valence-corrected chi connectivity index (χ0v) is 16.2. The molecular formula is C23H18F3NO4. The van der Waals surface area contributed by atoms with Gasteiger partial charge in [-0.3, -0.25) is 9.59 Å². The smallest absolute Gasteiger partial charge is 0.417 e. The first-order chi connectivity index (χ1) is 14.8. The van der Waals surface area contributed by atoms with Gasteiger partial charge in [-0.1, -0.05) is 24.3 Å². The van der Waals surface area contributed by atoms with Crippen LogP contribution in [-0.4, -0.2) is 28.2 Å². The summed E-state index contributed by atoms with van der Waals surface area (Å²) in [6.07, 6.45) is -3.93. The number of hydrogen-bond acceptors (Lipinski definition) is 4. The van der Waals surface area contributed by atoms with Crippen LogP contribution in [-0.2, 0) is 6.18 Å². The Morgan fingerprint density at radius 2 is 1.81 bits per heavy atom. The van der Waals surface area contributed by atoms with E-state index in [2.05, 4.69) is 0 Å². The standard InChI is InChI=1S/C23H18F3NO4/c24-23(25,26)17-6-2-1-5-15(17)22(30)14-8-9-19-16(13-14)21(18(28)10-12-31-19)27-11-4-3-7-20(27)29/h1-9,11,13,18,21,28H,10,12H2/t18-,21-/m0/s1. The summed E-state index contributed by atoms with van der Waals surface area (Å²) in [4.78, 5) is 25.4. The average molecular weight is 429 g/mol. The third-order valence-electron chi connectivity index (χ3n) is 5.25. The molecule has 0 unspecified atom stereocenters. The van der Waals surface area contributed by atoms with E-state index in [0.29, 0.717) is 11.3 Å². The van der Waals surface area contributed by atoms with Gasteiger partial charge in [-0.15, -0.1) is 0 Å². The molecule has 3 aromatic rings. The van der Waals surface area contributed by atoms with Gasteiger partial charge in [0.05, 0.1) is 24.3 Å². The van der Waals surface area contributed by atoms with Crippen molar-refractivity contribution < 1.29 is 27.8 Å². The summed E-state index contributed by atoms with van der Waals surface area (Å²) in [6, 6.07) is 12.5. The second-order valence-electron chi connectivity index (χ2n) is 7.22. The number of hydrogen-bond donors (Lipinski definition) is 1. The molecule has 1 aliphatic heterocycles. The van der Waals surface area contributed by atoms with Gasteiger partial charge >= 0.3 is 6.18 Å². The number of ether oxygens (including phenoxy) is 1. The quantitative estimate of drug-likeness (QED) is 0.643. The van der Waals surface area contributed by atoms with E-state index in [1.165, 1.54) is 47.2 Å². The van der Waals surface area contributed by atoms with Gasteiger partial charge in [-0.25, -0.2) is 0 Å². The Morgan fingerprint density at radius 3 is 2.55 bits per heavy atom. The predicted molar refractivity (Wildman–Crippen MR) is 106 cm³/mol. The fourth-order valence-corrected chi connectivity index (χ4v) is 3.80.